The van der Waals surface area contributed by atoms with Crippen LogP contribution in [0.1, 0.15) is 24.1 Å². The highest BCUT2D eigenvalue weighted by molar-refractivity contribution is 5.29. The van der Waals surface area contributed by atoms with E-state index in [-0.39, 0.29) is 0 Å². The maximum Gasteiger partial charge on any atom is 0.166 e. The van der Waals surface area contributed by atoms with Crippen LogP contribution in [0.2, 0.25) is 0 Å². The first-order chi connectivity index (χ1) is 9.29. The van der Waals surface area contributed by atoms with Crippen LogP contribution in [0.4, 0.5) is 0 Å². The summed E-state index contributed by atoms with van der Waals surface area (Å²) in [5.74, 6) is 1.44. The smallest absolute Gasteiger partial charge is 0.166 e. The lowest BCUT2D eigenvalue weighted by Crippen LogP contribution is -2.14. The van der Waals surface area contributed by atoms with Crippen molar-refractivity contribution in [1.82, 2.24) is 20.3 Å². The summed E-state index contributed by atoms with van der Waals surface area (Å²) < 4.78 is 5.75. The van der Waals surface area contributed by atoms with E-state index in [0.717, 1.165) is 23.7 Å². The second-order valence-electron chi connectivity index (χ2n) is 4.13. The van der Waals surface area contributed by atoms with Crippen LogP contribution < -0.4 is 10.1 Å². The molecule has 1 N–H and O–H groups in total. The molecular weight excluding hydrogens is 240 g/mol. The molecule has 0 spiro atoms. The van der Waals surface area contributed by atoms with Crippen molar-refractivity contribution in [3.63, 3.8) is 0 Å². The summed E-state index contributed by atoms with van der Waals surface area (Å²) in [6, 6.07) is 5.67. The van der Waals surface area contributed by atoms with E-state index >= 15 is 0 Å². The molecular formula is C14H18N4O. The molecule has 100 valence electrons. The molecule has 0 fully saturated rings. The van der Waals surface area contributed by atoms with Crippen molar-refractivity contribution in [3.8, 4) is 5.75 Å². The number of nitrogens with zero attached hydrogens (tertiary/aromatic N) is 3. The van der Waals surface area contributed by atoms with E-state index in [0.29, 0.717) is 19.0 Å². The number of rotatable bonds is 6. The van der Waals surface area contributed by atoms with Gasteiger partial charge < -0.3 is 10.1 Å². The number of ether oxygens (including phenoxy) is 1. The third-order valence-corrected chi connectivity index (χ3v) is 2.59. The van der Waals surface area contributed by atoms with Gasteiger partial charge in [0.25, 0.3) is 0 Å². The minimum atomic E-state index is 0.352. The number of aromatic nitrogens is 3. The molecule has 19 heavy (non-hydrogen) atoms. The second-order valence-corrected chi connectivity index (χ2v) is 4.13. The summed E-state index contributed by atoms with van der Waals surface area (Å²) in [7, 11) is 0. The zero-order valence-electron chi connectivity index (χ0n) is 11.3. The summed E-state index contributed by atoms with van der Waals surface area (Å²) in [5, 5.41) is 3.26. The molecule has 0 aliphatic rings. The zero-order valence-corrected chi connectivity index (χ0v) is 11.3. The molecule has 0 aliphatic heterocycles. The fourth-order valence-electron chi connectivity index (χ4n) is 1.65. The molecule has 2 aromatic heterocycles. The molecule has 0 unspecified atom stereocenters. The fourth-order valence-corrected chi connectivity index (χ4v) is 1.65. The van der Waals surface area contributed by atoms with Crippen molar-refractivity contribution in [2.75, 3.05) is 6.54 Å². The minimum absolute atomic E-state index is 0.352. The largest absolute Gasteiger partial charge is 0.484 e. The lowest BCUT2D eigenvalue weighted by Gasteiger charge is -2.11. The first-order valence-electron chi connectivity index (χ1n) is 6.35. The van der Waals surface area contributed by atoms with Crippen LogP contribution in [-0.4, -0.2) is 21.5 Å². The highest BCUT2D eigenvalue weighted by Gasteiger charge is 2.06. The number of hydrogen-bond donors (Lipinski definition) is 1. The van der Waals surface area contributed by atoms with E-state index in [2.05, 4.69) is 27.2 Å². The predicted molar refractivity (Wildman–Crippen MR) is 72.7 cm³/mol. The van der Waals surface area contributed by atoms with Crippen LogP contribution in [0.3, 0.4) is 0 Å². The van der Waals surface area contributed by atoms with Crippen molar-refractivity contribution in [1.29, 1.82) is 0 Å². The van der Waals surface area contributed by atoms with Gasteiger partial charge in [-0.15, -0.1) is 0 Å². The van der Waals surface area contributed by atoms with Crippen LogP contribution in [0, 0.1) is 6.92 Å². The van der Waals surface area contributed by atoms with Gasteiger partial charge in [0.1, 0.15) is 12.4 Å². The Morgan fingerprint density at radius 1 is 1.21 bits per heavy atom. The van der Waals surface area contributed by atoms with Crippen LogP contribution in [0.15, 0.2) is 30.6 Å². The SMILES string of the molecule is CCNCc1nc(C)ccc1OCc1ncccn1. The average Bonchev–Trinajstić information content (AvgIpc) is 2.45. The summed E-state index contributed by atoms with van der Waals surface area (Å²) in [4.78, 5) is 12.8. The third-order valence-electron chi connectivity index (χ3n) is 2.59. The molecule has 0 atom stereocenters. The molecule has 0 saturated heterocycles. The van der Waals surface area contributed by atoms with Crippen LogP contribution >= 0.6 is 0 Å². The summed E-state index contributed by atoms with van der Waals surface area (Å²) in [5.41, 5.74) is 1.90. The van der Waals surface area contributed by atoms with Gasteiger partial charge in [0.05, 0.1) is 5.69 Å². The molecule has 0 amide bonds. The van der Waals surface area contributed by atoms with E-state index < -0.39 is 0 Å². The van der Waals surface area contributed by atoms with Crippen LogP contribution in [0.5, 0.6) is 5.75 Å². The van der Waals surface area contributed by atoms with Crippen molar-refractivity contribution in [2.24, 2.45) is 0 Å². The highest BCUT2D eigenvalue weighted by atomic mass is 16.5. The Labute approximate surface area is 113 Å². The summed E-state index contributed by atoms with van der Waals surface area (Å²) in [6.45, 7) is 5.98. The lowest BCUT2D eigenvalue weighted by molar-refractivity contribution is 0.290. The van der Waals surface area contributed by atoms with Gasteiger partial charge in [-0.1, -0.05) is 6.92 Å². The van der Waals surface area contributed by atoms with E-state index in [4.69, 9.17) is 4.74 Å². The Morgan fingerprint density at radius 2 is 2.00 bits per heavy atom. The number of pyridine rings is 1. The van der Waals surface area contributed by atoms with Gasteiger partial charge in [0.15, 0.2) is 5.82 Å². The zero-order chi connectivity index (χ0) is 13.5. The Balaban J connectivity index is 2.06. The normalized spacial score (nSPS) is 10.4. The van der Waals surface area contributed by atoms with E-state index in [9.17, 15) is 0 Å². The monoisotopic (exact) mass is 258 g/mol. The van der Waals surface area contributed by atoms with E-state index in [1.165, 1.54) is 0 Å². The first-order valence-corrected chi connectivity index (χ1v) is 6.35. The van der Waals surface area contributed by atoms with Crippen molar-refractivity contribution >= 4 is 0 Å². The molecule has 0 bridgehead atoms. The molecule has 2 aromatic rings. The lowest BCUT2D eigenvalue weighted by atomic mass is 10.3. The van der Waals surface area contributed by atoms with Crippen molar-refractivity contribution in [3.05, 3.63) is 47.8 Å². The predicted octanol–water partition coefficient (Wildman–Crippen LogP) is 1.87. The quantitative estimate of drug-likeness (QED) is 0.857. The number of hydrogen-bond acceptors (Lipinski definition) is 5. The summed E-state index contributed by atoms with van der Waals surface area (Å²) >= 11 is 0. The van der Waals surface area contributed by atoms with Crippen LogP contribution in [-0.2, 0) is 13.2 Å². The molecule has 2 rings (SSSR count). The Kier molecular flexibility index (Phi) is 4.80. The first kappa shape index (κ1) is 13.4. The fraction of sp³-hybridized carbons (Fsp3) is 0.357. The highest BCUT2D eigenvalue weighted by Crippen LogP contribution is 2.17. The van der Waals surface area contributed by atoms with Gasteiger partial charge in [-0.05, 0) is 31.7 Å². The standard InChI is InChI=1S/C14H18N4O/c1-3-15-9-12-13(6-5-11(2)18-12)19-10-14-16-7-4-8-17-14/h4-8,15H,3,9-10H2,1-2H3. The number of aryl methyl sites for hydroxylation is 1. The molecule has 0 aliphatic carbocycles. The molecule has 5 nitrogen and oxygen atoms in total. The average molecular weight is 258 g/mol. The molecule has 0 radical (unpaired) electrons. The minimum Gasteiger partial charge on any atom is -0.484 e. The molecule has 0 saturated carbocycles. The van der Waals surface area contributed by atoms with Gasteiger partial charge in [-0.3, -0.25) is 4.98 Å². The topological polar surface area (TPSA) is 59.9 Å². The van der Waals surface area contributed by atoms with E-state index in [1.807, 2.05) is 19.1 Å². The van der Waals surface area contributed by atoms with Gasteiger partial charge in [-0.2, -0.15) is 0 Å². The van der Waals surface area contributed by atoms with Gasteiger partial charge in [-0.25, -0.2) is 9.97 Å². The van der Waals surface area contributed by atoms with Gasteiger partial charge in [0.2, 0.25) is 0 Å². The van der Waals surface area contributed by atoms with Crippen molar-refractivity contribution < 1.29 is 4.74 Å². The molecule has 0 aromatic carbocycles. The summed E-state index contributed by atoms with van der Waals surface area (Å²) in [6.07, 6.45) is 3.41. The third kappa shape index (κ3) is 3.99. The second kappa shape index (κ2) is 6.80. The maximum atomic E-state index is 5.75. The van der Waals surface area contributed by atoms with Gasteiger partial charge in [0, 0.05) is 24.6 Å². The maximum absolute atomic E-state index is 5.75. The Bertz CT molecular complexity index is 516. The Hall–Kier alpha value is -2.01. The molecule has 5 heteroatoms. The van der Waals surface area contributed by atoms with E-state index in [1.54, 1.807) is 18.5 Å². The van der Waals surface area contributed by atoms with Gasteiger partial charge >= 0.3 is 0 Å². The Morgan fingerprint density at radius 3 is 2.74 bits per heavy atom. The molecule has 2 heterocycles. The van der Waals surface area contributed by atoms with Crippen LogP contribution in [0.25, 0.3) is 0 Å². The van der Waals surface area contributed by atoms with Crippen molar-refractivity contribution in [2.45, 2.75) is 27.0 Å². The number of nitrogens with one attached hydrogen (secondary N) is 1.